The van der Waals surface area contributed by atoms with Crippen molar-refractivity contribution >= 4 is 7.60 Å². The fourth-order valence-corrected chi connectivity index (χ4v) is 3.16. The SMILES string of the molecule is CCOP(=O)(OCC)C(CC)CC#N. The normalized spacial score (nSPS) is 13.6. The summed E-state index contributed by atoms with van der Waals surface area (Å²) in [5.74, 6) is 0. The van der Waals surface area contributed by atoms with Crippen LogP contribution in [0.2, 0.25) is 0 Å². The summed E-state index contributed by atoms with van der Waals surface area (Å²) in [6, 6.07) is 2.01. The van der Waals surface area contributed by atoms with E-state index in [1.807, 2.05) is 13.0 Å². The van der Waals surface area contributed by atoms with Gasteiger partial charge in [0.05, 0.1) is 24.9 Å². The van der Waals surface area contributed by atoms with Gasteiger partial charge in [-0.05, 0) is 20.3 Å². The Balaban J connectivity index is 4.59. The monoisotopic (exact) mass is 219 g/mol. The Bertz CT molecular complexity index is 227. The molecule has 0 aromatic heterocycles. The molecule has 0 amide bonds. The summed E-state index contributed by atoms with van der Waals surface area (Å²) >= 11 is 0. The lowest BCUT2D eigenvalue weighted by Crippen LogP contribution is -2.12. The molecular formula is C9H18NO3P. The van der Waals surface area contributed by atoms with Crippen LogP contribution in [0, 0.1) is 11.3 Å². The lowest BCUT2D eigenvalue weighted by atomic mass is 10.3. The average molecular weight is 219 g/mol. The van der Waals surface area contributed by atoms with Crippen LogP contribution in [0.5, 0.6) is 0 Å². The predicted molar refractivity (Wildman–Crippen MR) is 55.2 cm³/mol. The quantitative estimate of drug-likeness (QED) is 0.617. The molecule has 0 bridgehead atoms. The van der Waals surface area contributed by atoms with Gasteiger partial charge in [0.25, 0.3) is 0 Å². The van der Waals surface area contributed by atoms with Crippen LogP contribution in [0.25, 0.3) is 0 Å². The third kappa shape index (κ3) is 3.79. The van der Waals surface area contributed by atoms with Crippen LogP contribution in [0.3, 0.4) is 0 Å². The summed E-state index contributed by atoms with van der Waals surface area (Å²) < 4.78 is 22.5. The van der Waals surface area contributed by atoms with Crippen LogP contribution in [0.15, 0.2) is 0 Å². The van der Waals surface area contributed by atoms with E-state index in [1.165, 1.54) is 0 Å². The molecule has 0 aromatic rings. The van der Waals surface area contributed by atoms with Gasteiger partial charge >= 0.3 is 7.60 Å². The topological polar surface area (TPSA) is 59.3 Å². The van der Waals surface area contributed by atoms with Gasteiger partial charge in [-0.1, -0.05) is 6.92 Å². The Kier molecular flexibility index (Phi) is 6.82. The van der Waals surface area contributed by atoms with E-state index >= 15 is 0 Å². The van der Waals surface area contributed by atoms with Gasteiger partial charge in [0.2, 0.25) is 0 Å². The van der Waals surface area contributed by atoms with Crippen molar-refractivity contribution in [1.82, 2.24) is 0 Å². The zero-order chi connectivity index (χ0) is 11.0. The van der Waals surface area contributed by atoms with Gasteiger partial charge in [-0.25, -0.2) is 0 Å². The van der Waals surface area contributed by atoms with Gasteiger partial charge in [-0.2, -0.15) is 5.26 Å². The van der Waals surface area contributed by atoms with Gasteiger partial charge in [-0.15, -0.1) is 0 Å². The molecule has 0 aromatic carbocycles. The van der Waals surface area contributed by atoms with E-state index in [0.717, 1.165) is 0 Å². The van der Waals surface area contributed by atoms with Gasteiger partial charge in [0, 0.05) is 6.42 Å². The van der Waals surface area contributed by atoms with Gasteiger partial charge in [0.1, 0.15) is 0 Å². The molecule has 0 rings (SSSR count). The molecule has 0 aliphatic carbocycles. The zero-order valence-corrected chi connectivity index (χ0v) is 9.92. The molecular weight excluding hydrogens is 201 g/mol. The largest absolute Gasteiger partial charge is 0.334 e. The van der Waals surface area contributed by atoms with Crippen LogP contribution in [0.1, 0.15) is 33.6 Å². The number of nitrogens with zero attached hydrogens (tertiary/aromatic N) is 1. The first-order valence-electron chi connectivity index (χ1n) is 4.90. The van der Waals surface area contributed by atoms with Gasteiger partial charge in [0.15, 0.2) is 0 Å². The standard InChI is InChI=1S/C9H18NO3P/c1-4-9(7-8-10)14(11,12-5-2)13-6-3/h9H,4-7H2,1-3H3. The molecule has 0 fully saturated rings. The van der Waals surface area contributed by atoms with Crippen LogP contribution in [0.4, 0.5) is 0 Å². The van der Waals surface area contributed by atoms with Crippen molar-refractivity contribution in [3.05, 3.63) is 0 Å². The summed E-state index contributed by atoms with van der Waals surface area (Å²) in [4.78, 5) is 0. The van der Waals surface area contributed by atoms with Crippen molar-refractivity contribution < 1.29 is 13.6 Å². The molecule has 0 spiro atoms. The molecule has 1 atom stereocenters. The molecule has 0 saturated heterocycles. The van der Waals surface area contributed by atoms with Gasteiger partial charge in [-0.3, -0.25) is 4.57 Å². The van der Waals surface area contributed by atoms with Crippen LogP contribution in [-0.2, 0) is 13.6 Å². The maximum absolute atomic E-state index is 12.1. The summed E-state index contributed by atoms with van der Waals surface area (Å²) in [6.07, 6.45) is 0.846. The first-order chi connectivity index (χ1) is 6.64. The minimum Gasteiger partial charge on any atom is -0.309 e. The van der Waals surface area contributed by atoms with Crippen LogP contribution in [-0.4, -0.2) is 18.9 Å². The van der Waals surface area contributed by atoms with Gasteiger partial charge < -0.3 is 9.05 Å². The number of hydrogen-bond donors (Lipinski definition) is 0. The number of hydrogen-bond acceptors (Lipinski definition) is 4. The molecule has 14 heavy (non-hydrogen) atoms. The van der Waals surface area contributed by atoms with Crippen LogP contribution < -0.4 is 0 Å². The summed E-state index contributed by atoms with van der Waals surface area (Å²) in [7, 11) is -3.07. The second-order valence-corrected chi connectivity index (χ2v) is 5.13. The lowest BCUT2D eigenvalue weighted by molar-refractivity contribution is 0.211. The molecule has 0 N–H and O–H groups in total. The van der Waals surface area contributed by atoms with Crippen molar-refractivity contribution in [2.24, 2.45) is 0 Å². The van der Waals surface area contributed by atoms with E-state index in [2.05, 4.69) is 0 Å². The molecule has 5 heteroatoms. The van der Waals surface area contributed by atoms with Crippen molar-refractivity contribution in [2.45, 2.75) is 39.3 Å². The van der Waals surface area contributed by atoms with Crippen molar-refractivity contribution in [1.29, 1.82) is 5.26 Å². The molecule has 0 aliphatic rings. The van der Waals surface area contributed by atoms with Crippen LogP contribution >= 0.6 is 7.60 Å². The van der Waals surface area contributed by atoms with E-state index < -0.39 is 7.60 Å². The van der Waals surface area contributed by atoms with Crippen molar-refractivity contribution in [3.63, 3.8) is 0 Å². The summed E-state index contributed by atoms with van der Waals surface area (Å²) in [6.45, 7) is 6.11. The lowest BCUT2D eigenvalue weighted by Gasteiger charge is -2.23. The third-order valence-corrected chi connectivity index (χ3v) is 4.54. The number of rotatable bonds is 7. The fourth-order valence-electron chi connectivity index (χ4n) is 1.19. The predicted octanol–water partition coefficient (Wildman–Crippen LogP) is 2.94. The highest BCUT2D eigenvalue weighted by Gasteiger charge is 2.33. The second kappa shape index (κ2) is 7.00. The van der Waals surface area contributed by atoms with E-state index in [1.54, 1.807) is 13.8 Å². The molecule has 1 unspecified atom stereocenters. The molecule has 0 saturated carbocycles. The molecule has 0 heterocycles. The number of nitriles is 1. The Morgan fingerprint density at radius 1 is 1.29 bits per heavy atom. The van der Waals surface area contributed by atoms with E-state index in [0.29, 0.717) is 19.6 Å². The minimum absolute atomic E-state index is 0.216. The molecule has 0 aliphatic heterocycles. The molecule has 4 nitrogen and oxygen atoms in total. The van der Waals surface area contributed by atoms with Crippen molar-refractivity contribution in [3.8, 4) is 6.07 Å². The Labute approximate surface area is 85.7 Å². The first-order valence-corrected chi connectivity index (χ1v) is 6.51. The molecule has 0 radical (unpaired) electrons. The zero-order valence-electron chi connectivity index (χ0n) is 9.02. The smallest absolute Gasteiger partial charge is 0.309 e. The summed E-state index contributed by atoms with van der Waals surface area (Å²) in [5.41, 5.74) is -0.299. The maximum atomic E-state index is 12.1. The highest BCUT2D eigenvalue weighted by Crippen LogP contribution is 2.55. The van der Waals surface area contributed by atoms with E-state index in [4.69, 9.17) is 14.3 Å². The minimum atomic E-state index is -3.07. The highest BCUT2D eigenvalue weighted by atomic mass is 31.2. The highest BCUT2D eigenvalue weighted by molar-refractivity contribution is 7.54. The fraction of sp³-hybridized carbons (Fsp3) is 0.889. The maximum Gasteiger partial charge on any atom is 0.334 e. The van der Waals surface area contributed by atoms with Crippen molar-refractivity contribution in [2.75, 3.05) is 13.2 Å². The molecule has 82 valence electrons. The summed E-state index contributed by atoms with van der Waals surface area (Å²) in [5, 5.41) is 8.59. The third-order valence-electron chi connectivity index (χ3n) is 1.86. The second-order valence-electron chi connectivity index (χ2n) is 2.80. The Morgan fingerprint density at radius 3 is 2.07 bits per heavy atom. The average Bonchev–Trinajstić information content (AvgIpc) is 2.14. The Hall–Kier alpha value is -0.360. The Morgan fingerprint density at radius 2 is 1.79 bits per heavy atom. The first kappa shape index (κ1) is 13.6. The van der Waals surface area contributed by atoms with E-state index in [-0.39, 0.29) is 12.1 Å². The van der Waals surface area contributed by atoms with E-state index in [9.17, 15) is 4.57 Å².